The lowest BCUT2D eigenvalue weighted by atomic mass is 10.1. The second kappa shape index (κ2) is 5.85. The van der Waals surface area contributed by atoms with Gasteiger partial charge in [0.2, 0.25) is 0 Å². The minimum absolute atomic E-state index is 0.266. The Morgan fingerprint density at radius 2 is 2.00 bits per heavy atom. The van der Waals surface area contributed by atoms with Crippen molar-refractivity contribution in [1.29, 1.82) is 5.26 Å². The Labute approximate surface area is 117 Å². The third-order valence-corrected chi connectivity index (χ3v) is 3.74. The van der Waals surface area contributed by atoms with Crippen LogP contribution in [0.4, 0.5) is 0 Å². The van der Waals surface area contributed by atoms with E-state index in [0.717, 1.165) is 22.0 Å². The van der Waals surface area contributed by atoms with Gasteiger partial charge >= 0.3 is 0 Å². The summed E-state index contributed by atoms with van der Waals surface area (Å²) in [4.78, 5) is 5.29. The number of hydrogen-bond donors (Lipinski definition) is 0. The zero-order valence-electron chi connectivity index (χ0n) is 11.3. The van der Waals surface area contributed by atoms with Crippen molar-refractivity contribution >= 4 is 11.3 Å². The van der Waals surface area contributed by atoms with Crippen LogP contribution in [0.1, 0.15) is 37.3 Å². The molecule has 0 fully saturated rings. The predicted molar refractivity (Wildman–Crippen MR) is 77.5 cm³/mol. The molecule has 98 valence electrons. The van der Waals surface area contributed by atoms with Crippen LogP contribution < -0.4 is 4.74 Å². The fourth-order valence-corrected chi connectivity index (χ4v) is 2.81. The molecule has 0 aliphatic carbocycles. The molecule has 0 bridgehead atoms. The molecule has 0 aliphatic rings. The first-order chi connectivity index (χ1) is 9.15. The number of rotatable bonds is 4. The van der Waals surface area contributed by atoms with Crippen molar-refractivity contribution in [2.45, 2.75) is 26.7 Å². The molecule has 0 atom stereocenters. The van der Waals surface area contributed by atoms with Crippen molar-refractivity contribution in [1.82, 2.24) is 4.98 Å². The Morgan fingerprint density at radius 3 is 2.47 bits per heavy atom. The number of nitriles is 1. The molecule has 0 radical (unpaired) electrons. The van der Waals surface area contributed by atoms with Gasteiger partial charge in [-0.25, -0.2) is 4.98 Å². The van der Waals surface area contributed by atoms with Crippen LogP contribution in [-0.4, -0.2) is 11.6 Å². The molecule has 1 aromatic heterocycles. The van der Waals surface area contributed by atoms with Gasteiger partial charge in [-0.05, 0) is 37.1 Å². The molecular formula is C15H16N2OS. The van der Waals surface area contributed by atoms with Gasteiger partial charge in [0.05, 0.1) is 12.3 Å². The molecule has 0 N–H and O–H groups in total. The molecule has 3 nitrogen and oxygen atoms in total. The maximum atomic E-state index is 9.14. The van der Waals surface area contributed by atoms with Gasteiger partial charge in [-0.1, -0.05) is 13.8 Å². The molecule has 4 heteroatoms. The van der Waals surface area contributed by atoms with Crippen LogP contribution >= 0.6 is 11.3 Å². The Balaban J connectivity index is 2.34. The molecule has 19 heavy (non-hydrogen) atoms. The van der Waals surface area contributed by atoms with Crippen molar-refractivity contribution in [3.8, 4) is 22.4 Å². The number of aromatic nitrogens is 1. The highest BCUT2D eigenvalue weighted by Gasteiger charge is 2.14. The first kappa shape index (κ1) is 13.6. The second-order valence-electron chi connectivity index (χ2n) is 4.46. The Bertz CT molecular complexity index is 594. The smallest absolute Gasteiger partial charge is 0.128 e. The van der Waals surface area contributed by atoms with Crippen LogP contribution in [0.15, 0.2) is 24.3 Å². The van der Waals surface area contributed by atoms with Gasteiger partial charge in [-0.15, -0.1) is 11.3 Å². The molecule has 0 aliphatic heterocycles. The highest BCUT2D eigenvalue weighted by Crippen LogP contribution is 2.31. The molecule has 0 unspecified atom stereocenters. The van der Waals surface area contributed by atoms with E-state index in [1.54, 1.807) is 0 Å². The van der Waals surface area contributed by atoms with Crippen LogP contribution in [0.25, 0.3) is 10.6 Å². The average Bonchev–Trinajstić information content (AvgIpc) is 2.84. The fraction of sp³-hybridized carbons (Fsp3) is 0.333. The summed E-state index contributed by atoms with van der Waals surface area (Å²) in [6.45, 7) is 6.73. The number of benzene rings is 1. The van der Waals surface area contributed by atoms with Gasteiger partial charge in [0.1, 0.15) is 21.7 Å². The molecule has 0 amide bonds. The minimum Gasteiger partial charge on any atom is -0.494 e. The van der Waals surface area contributed by atoms with E-state index in [2.05, 4.69) is 24.9 Å². The van der Waals surface area contributed by atoms with E-state index in [1.807, 2.05) is 31.2 Å². The maximum absolute atomic E-state index is 9.14. The minimum atomic E-state index is 0.266. The number of hydrogen-bond acceptors (Lipinski definition) is 4. The van der Waals surface area contributed by atoms with E-state index < -0.39 is 0 Å². The molecule has 2 rings (SSSR count). The third kappa shape index (κ3) is 2.94. The van der Waals surface area contributed by atoms with E-state index in [0.29, 0.717) is 11.5 Å². The largest absolute Gasteiger partial charge is 0.494 e. The summed E-state index contributed by atoms with van der Waals surface area (Å²) in [5.74, 6) is 1.12. The summed E-state index contributed by atoms with van der Waals surface area (Å²) in [5, 5.41) is 10.0. The van der Waals surface area contributed by atoms with Gasteiger partial charge in [-0.2, -0.15) is 5.26 Å². The molecule has 0 saturated carbocycles. The quantitative estimate of drug-likeness (QED) is 0.837. The summed E-state index contributed by atoms with van der Waals surface area (Å²) >= 11 is 1.45. The average molecular weight is 272 g/mol. The zero-order chi connectivity index (χ0) is 13.8. The van der Waals surface area contributed by atoms with Crippen LogP contribution in [0, 0.1) is 11.3 Å². The molecule has 1 aromatic carbocycles. The van der Waals surface area contributed by atoms with Crippen LogP contribution in [0.2, 0.25) is 0 Å². The zero-order valence-corrected chi connectivity index (χ0v) is 12.1. The molecule has 1 heterocycles. The van der Waals surface area contributed by atoms with E-state index in [-0.39, 0.29) is 5.92 Å². The first-order valence-electron chi connectivity index (χ1n) is 6.29. The summed E-state index contributed by atoms with van der Waals surface area (Å²) < 4.78 is 5.42. The SMILES string of the molecule is CCOc1ccc(-c2nc(C(C)C)c(C#N)s2)cc1. The molecule has 0 saturated heterocycles. The van der Waals surface area contributed by atoms with Gasteiger partial charge in [0, 0.05) is 5.56 Å². The van der Waals surface area contributed by atoms with Crippen molar-refractivity contribution < 1.29 is 4.74 Å². The van der Waals surface area contributed by atoms with Crippen LogP contribution in [0.5, 0.6) is 5.75 Å². The van der Waals surface area contributed by atoms with Crippen LogP contribution in [0.3, 0.4) is 0 Å². The third-order valence-electron chi connectivity index (χ3n) is 2.71. The molecule has 2 aromatic rings. The van der Waals surface area contributed by atoms with Gasteiger partial charge in [0.25, 0.3) is 0 Å². The van der Waals surface area contributed by atoms with Crippen molar-refractivity contribution in [3.05, 3.63) is 34.8 Å². The Morgan fingerprint density at radius 1 is 1.32 bits per heavy atom. The van der Waals surface area contributed by atoms with Crippen molar-refractivity contribution in [2.75, 3.05) is 6.61 Å². The molecule has 0 spiro atoms. The van der Waals surface area contributed by atoms with E-state index in [4.69, 9.17) is 10.00 Å². The van der Waals surface area contributed by atoms with E-state index in [9.17, 15) is 0 Å². The standard InChI is InChI=1S/C15H16N2OS/c1-4-18-12-7-5-11(6-8-12)15-17-14(10(2)3)13(9-16)19-15/h5-8,10H,4H2,1-3H3. The van der Waals surface area contributed by atoms with Gasteiger partial charge in [0.15, 0.2) is 0 Å². The Kier molecular flexibility index (Phi) is 4.18. The predicted octanol–water partition coefficient (Wildman–Crippen LogP) is 4.20. The summed E-state index contributed by atoms with van der Waals surface area (Å²) in [6, 6.07) is 10.1. The second-order valence-corrected chi connectivity index (χ2v) is 5.46. The van der Waals surface area contributed by atoms with Crippen molar-refractivity contribution in [2.24, 2.45) is 0 Å². The monoisotopic (exact) mass is 272 g/mol. The summed E-state index contributed by atoms with van der Waals surface area (Å²) in [7, 11) is 0. The fourth-order valence-electron chi connectivity index (χ4n) is 1.79. The lowest BCUT2D eigenvalue weighted by Gasteiger charge is -2.03. The summed E-state index contributed by atoms with van der Waals surface area (Å²) in [5.41, 5.74) is 1.91. The lowest BCUT2D eigenvalue weighted by Crippen LogP contribution is -1.91. The maximum Gasteiger partial charge on any atom is 0.128 e. The highest BCUT2D eigenvalue weighted by molar-refractivity contribution is 7.15. The van der Waals surface area contributed by atoms with Gasteiger partial charge in [-0.3, -0.25) is 0 Å². The Hall–Kier alpha value is -1.86. The van der Waals surface area contributed by atoms with Crippen LogP contribution in [-0.2, 0) is 0 Å². The molecular weight excluding hydrogens is 256 g/mol. The normalized spacial score (nSPS) is 10.5. The number of ether oxygens (including phenoxy) is 1. The summed E-state index contributed by atoms with van der Waals surface area (Å²) in [6.07, 6.45) is 0. The highest BCUT2D eigenvalue weighted by atomic mass is 32.1. The van der Waals surface area contributed by atoms with E-state index in [1.165, 1.54) is 11.3 Å². The van der Waals surface area contributed by atoms with E-state index >= 15 is 0 Å². The topological polar surface area (TPSA) is 45.9 Å². The van der Waals surface area contributed by atoms with Gasteiger partial charge < -0.3 is 4.74 Å². The lowest BCUT2D eigenvalue weighted by molar-refractivity contribution is 0.340. The first-order valence-corrected chi connectivity index (χ1v) is 7.11. The number of thiazole rings is 1. The van der Waals surface area contributed by atoms with Crippen molar-refractivity contribution in [3.63, 3.8) is 0 Å². The number of nitrogens with zero attached hydrogens (tertiary/aromatic N) is 2.